The maximum absolute atomic E-state index is 13.2. The number of hydrogen-bond acceptors (Lipinski definition) is 10. The normalized spacial score (nSPS) is 19.4. The third kappa shape index (κ3) is 4.43. The maximum atomic E-state index is 13.2. The monoisotopic (exact) mass is 530 g/mol. The molecule has 0 bridgehead atoms. The largest absolute Gasteiger partial charge is 0.504 e. The zero-order valence-corrected chi connectivity index (χ0v) is 21.7. The van der Waals surface area contributed by atoms with Crippen molar-refractivity contribution in [2.45, 2.75) is 24.8 Å². The Hall–Kier alpha value is -3.19. The lowest BCUT2D eigenvalue weighted by Crippen LogP contribution is -2.49. The molecule has 1 atom stereocenters. The van der Waals surface area contributed by atoms with Crippen molar-refractivity contribution in [1.29, 1.82) is 0 Å². The molecule has 3 aromatic rings. The Labute approximate surface area is 214 Å². The summed E-state index contributed by atoms with van der Waals surface area (Å²) in [5.74, 6) is 0.792. The van der Waals surface area contributed by atoms with Gasteiger partial charge in [0.1, 0.15) is 27.8 Å². The molecule has 0 saturated carbocycles. The van der Waals surface area contributed by atoms with Crippen LogP contribution in [0.3, 0.4) is 0 Å². The molecule has 1 aromatic heterocycles. The van der Waals surface area contributed by atoms with Gasteiger partial charge in [0, 0.05) is 31.6 Å². The van der Waals surface area contributed by atoms with Gasteiger partial charge in [0.2, 0.25) is 10.0 Å². The minimum Gasteiger partial charge on any atom is -0.504 e. The molecular weight excluding hydrogens is 500 g/mol. The van der Waals surface area contributed by atoms with Crippen LogP contribution in [-0.4, -0.2) is 69.2 Å². The van der Waals surface area contributed by atoms with E-state index in [1.54, 1.807) is 0 Å². The number of phenols is 1. The van der Waals surface area contributed by atoms with Gasteiger partial charge in [0.25, 0.3) is 10.9 Å². The Bertz CT molecular complexity index is 1490. The molecular formula is C25H30N4O7S. The van der Waals surface area contributed by atoms with Gasteiger partial charge in [-0.25, -0.2) is 8.42 Å². The molecule has 0 amide bonds. The molecule has 0 unspecified atom stereocenters. The molecule has 2 aromatic carbocycles. The lowest BCUT2D eigenvalue weighted by Gasteiger charge is -2.44. The summed E-state index contributed by atoms with van der Waals surface area (Å²) in [6.07, 6.45) is 0. The fourth-order valence-electron chi connectivity index (χ4n) is 4.71. The zero-order chi connectivity index (χ0) is 26.5. The second-order valence-corrected chi connectivity index (χ2v) is 12.0. The van der Waals surface area contributed by atoms with Crippen LogP contribution >= 0.6 is 0 Å². The minimum atomic E-state index is -3.96. The molecule has 2 aliphatic rings. The van der Waals surface area contributed by atoms with Gasteiger partial charge in [-0.15, -0.1) is 0 Å². The van der Waals surface area contributed by atoms with Gasteiger partial charge in [0.05, 0.1) is 24.9 Å². The molecule has 3 heterocycles. The van der Waals surface area contributed by atoms with Crippen molar-refractivity contribution in [1.82, 2.24) is 9.21 Å². The first kappa shape index (κ1) is 25.5. The molecule has 5 rings (SSSR count). The van der Waals surface area contributed by atoms with Crippen molar-refractivity contribution in [2.75, 3.05) is 57.1 Å². The van der Waals surface area contributed by atoms with Crippen LogP contribution in [0.25, 0.3) is 0 Å². The number of likely N-dealkylation sites (N-methyl/N-ethyl adjacent to an activating group) is 1. The molecule has 3 N–H and O–H groups in total. The van der Waals surface area contributed by atoms with Gasteiger partial charge >= 0.3 is 0 Å². The Balaban J connectivity index is 1.44. The fourth-order valence-corrected chi connectivity index (χ4v) is 6.24. The lowest BCUT2D eigenvalue weighted by molar-refractivity contribution is -0.115. The van der Waals surface area contributed by atoms with Gasteiger partial charge in [-0.05, 0) is 38.2 Å². The van der Waals surface area contributed by atoms with Crippen LogP contribution in [-0.2, 0) is 14.8 Å². The minimum absolute atomic E-state index is 0.00827. The Kier molecular flexibility index (Phi) is 6.39. The quantitative estimate of drug-likeness (QED) is 0.291. The maximum Gasteiger partial charge on any atom is 0.253 e. The summed E-state index contributed by atoms with van der Waals surface area (Å²) in [7, 11) is -2.05. The first-order valence-electron chi connectivity index (χ1n) is 12.0. The second-order valence-electron chi connectivity index (χ2n) is 10.1. The summed E-state index contributed by atoms with van der Waals surface area (Å²) in [5, 5.41) is 16.9. The molecule has 12 heteroatoms. The van der Waals surface area contributed by atoms with E-state index in [1.807, 2.05) is 37.9 Å². The third-order valence-electron chi connectivity index (χ3n) is 7.14. The number of phenolic OH excluding ortho intramolecular Hbond substituents is 1. The first-order valence-corrected chi connectivity index (χ1v) is 13.5. The van der Waals surface area contributed by atoms with Crippen LogP contribution in [0.15, 0.2) is 49.2 Å². The average Bonchev–Trinajstić information content (AvgIpc) is 3.28. The molecule has 0 spiro atoms. The summed E-state index contributed by atoms with van der Waals surface area (Å²) in [6.45, 7) is 6.45. The number of benzene rings is 1. The van der Waals surface area contributed by atoms with Crippen molar-refractivity contribution in [3.63, 3.8) is 0 Å². The standard InChI is InChI=1S/C25H30N4O7S/c1-15-7-8-17(36-15)24(25(2)13-35-14-25)27-20-19(22(31)23(20)32)26-16-5-4-6-18(21(16)30)37(33,34)29-11-9-28(3)10-12-29/h4-8,24,26-27,30H,9-14H2,1-3H3/t24-/m0/s1. The number of sulfonamides is 1. The number of ether oxygens (including phenoxy) is 1. The van der Waals surface area contributed by atoms with E-state index < -0.39 is 32.7 Å². The first-order chi connectivity index (χ1) is 17.5. The van der Waals surface area contributed by atoms with Gasteiger partial charge < -0.3 is 29.8 Å². The van der Waals surface area contributed by atoms with Gasteiger partial charge in [-0.2, -0.15) is 4.31 Å². The van der Waals surface area contributed by atoms with E-state index in [4.69, 9.17) is 9.15 Å². The molecule has 11 nitrogen and oxygen atoms in total. The van der Waals surface area contributed by atoms with Gasteiger partial charge in [0.15, 0.2) is 5.75 Å². The summed E-state index contributed by atoms with van der Waals surface area (Å²) >= 11 is 0. The van der Waals surface area contributed by atoms with E-state index in [9.17, 15) is 23.1 Å². The topological polar surface area (TPSA) is 141 Å². The van der Waals surface area contributed by atoms with Crippen LogP contribution in [0, 0.1) is 12.3 Å². The number of aryl methyl sites for hydroxylation is 1. The number of para-hydroxylation sites is 1. The summed E-state index contributed by atoms with van der Waals surface area (Å²) < 4.78 is 39.0. The highest BCUT2D eigenvalue weighted by molar-refractivity contribution is 7.89. The van der Waals surface area contributed by atoms with Crippen molar-refractivity contribution in [3.8, 4) is 5.75 Å². The fraction of sp³-hybridized carbons (Fsp3) is 0.440. The number of nitrogens with zero attached hydrogens (tertiary/aromatic N) is 2. The molecule has 0 aliphatic carbocycles. The van der Waals surface area contributed by atoms with Crippen LogP contribution in [0.2, 0.25) is 0 Å². The van der Waals surface area contributed by atoms with Crippen molar-refractivity contribution < 1.29 is 22.7 Å². The van der Waals surface area contributed by atoms with E-state index >= 15 is 0 Å². The molecule has 2 aliphatic heterocycles. The van der Waals surface area contributed by atoms with Crippen LogP contribution in [0.1, 0.15) is 24.5 Å². The van der Waals surface area contributed by atoms with Gasteiger partial charge in [-0.3, -0.25) is 9.59 Å². The van der Waals surface area contributed by atoms with Gasteiger partial charge in [-0.1, -0.05) is 13.0 Å². The Morgan fingerprint density at radius 2 is 1.70 bits per heavy atom. The number of piperazine rings is 1. The molecule has 2 saturated heterocycles. The zero-order valence-electron chi connectivity index (χ0n) is 20.9. The highest BCUT2D eigenvalue weighted by Crippen LogP contribution is 2.44. The van der Waals surface area contributed by atoms with Crippen molar-refractivity contribution >= 4 is 27.1 Å². The third-order valence-corrected chi connectivity index (χ3v) is 9.07. The van der Waals surface area contributed by atoms with Crippen molar-refractivity contribution in [3.05, 3.63) is 62.3 Å². The SMILES string of the molecule is Cc1ccc([C@H](Nc2c(Nc3cccc(S(=O)(=O)N4CCN(C)CC4)c3O)c(=O)c2=O)C2(C)COC2)o1. The van der Waals surface area contributed by atoms with E-state index in [0.717, 1.165) is 0 Å². The number of nitrogens with one attached hydrogen (secondary N) is 2. The number of furan rings is 1. The predicted molar refractivity (Wildman–Crippen MR) is 138 cm³/mol. The molecule has 37 heavy (non-hydrogen) atoms. The van der Waals surface area contributed by atoms with Crippen LogP contribution in [0.4, 0.5) is 17.1 Å². The number of anilines is 3. The van der Waals surface area contributed by atoms with Crippen LogP contribution in [0.5, 0.6) is 5.75 Å². The van der Waals surface area contributed by atoms with E-state index in [1.165, 1.54) is 22.5 Å². The number of rotatable bonds is 8. The molecule has 198 valence electrons. The summed E-state index contributed by atoms with van der Waals surface area (Å²) in [6, 6.07) is 7.43. The average molecular weight is 531 g/mol. The van der Waals surface area contributed by atoms with Crippen LogP contribution < -0.4 is 21.5 Å². The number of hydrogen-bond donors (Lipinski definition) is 3. The Morgan fingerprint density at radius 1 is 1.03 bits per heavy atom. The molecule has 2 fully saturated rings. The summed E-state index contributed by atoms with van der Waals surface area (Å²) in [5.41, 5.74) is -1.84. The van der Waals surface area contributed by atoms with Crippen molar-refractivity contribution in [2.24, 2.45) is 5.41 Å². The van der Waals surface area contributed by atoms with E-state index in [0.29, 0.717) is 50.9 Å². The predicted octanol–water partition coefficient (Wildman–Crippen LogP) is 1.76. The smallest absolute Gasteiger partial charge is 0.253 e. The summed E-state index contributed by atoms with van der Waals surface area (Å²) in [4.78, 5) is 26.9. The number of aromatic hydroxyl groups is 1. The highest BCUT2D eigenvalue weighted by atomic mass is 32.2. The Morgan fingerprint density at radius 3 is 2.30 bits per heavy atom. The second kappa shape index (κ2) is 9.28. The lowest BCUT2D eigenvalue weighted by atomic mass is 9.79. The highest BCUT2D eigenvalue weighted by Gasteiger charge is 2.45. The molecule has 0 radical (unpaired) electrons. The van der Waals surface area contributed by atoms with E-state index in [2.05, 4.69) is 10.6 Å². The van der Waals surface area contributed by atoms with E-state index in [-0.39, 0.29) is 27.4 Å².